The summed E-state index contributed by atoms with van der Waals surface area (Å²) >= 11 is 6.54. The summed E-state index contributed by atoms with van der Waals surface area (Å²) in [4.78, 5) is 11.3. The summed E-state index contributed by atoms with van der Waals surface area (Å²) in [5, 5.41) is 4.58. The molecular formula is C14H13ClF3N3OS. The van der Waals surface area contributed by atoms with Gasteiger partial charge in [-0.15, -0.1) is 0 Å². The summed E-state index contributed by atoms with van der Waals surface area (Å²) < 4.78 is 42.4. The van der Waals surface area contributed by atoms with Gasteiger partial charge in [0.05, 0.1) is 0 Å². The van der Waals surface area contributed by atoms with Gasteiger partial charge in [-0.3, -0.25) is 4.79 Å². The minimum atomic E-state index is -4.48. The van der Waals surface area contributed by atoms with E-state index in [-0.39, 0.29) is 16.1 Å². The Hall–Kier alpha value is -1.51. The molecule has 0 aliphatic heterocycles. The highest BCUT2D eigenvalue weighted by Gasteiger charge is 2.44. The van der Waals surface area contributed by atoms with Crippen molar-refractivity contribution in [2.75, 3.05) is 7.05 Å². The zero-order valence-corrected chi connectivity index (χ0v) is 13.8. The molecule has 0 aliphatic rings. The molecule has 0 saturated heterocycles. The van der Waals surface area contributed by atoms with Crippen molar-refractivity contribution >= 4 is 23.5 Å². The molecule has 23 heavy (non-hydrogen) atoms. The van der Waals surface area contributed by atoms with Crippen LogP contribution in [0.15, 0.2) is 46.2 Å². The van der Waals surface area contributed by atoms with Gasteiger partial charge in [-0.2, -0.15) is 18.3 Å². The van der Waals surface area contributed by atoms with Crippen LogP contribution < -0.4 is 5.56 Å². The fourth-order valence-electron chi connectivity index (χ4n) is 1.98. The molecule has 0 N–H and O–H groups in total. The summed E-state index contributed by atoms with van der Waals surface area (Å²) in [5.41, 5.74) is -0.260. The first kappa shape index (κ1) is 17.8. The Bertz CT molecular complexity index is 733. The summed E-state index contributed by atoms with van der Waals surface area (Å²) in [5.74, 6) is 0. The quantitative estimate of drug-likeness (QED) is 0.777. The number of hydrogen-bond acceptors (Lipinski definition) is 4. The van der Waals surface area contributed by atoms with Crippen molar-refractivity contribution < 1.29 is 13.2 Å². The average molecular weight is 364 g/mol. The molecule has 0 saturated carbocycles. The second-order valence-electron chi connectivity index (χ2n) is 4.77. The third-order valence-electron chi connectivity index (χ3n) is 3.03. The van der Waals surface area contributed by atoms with Gasteiger partial charge in [0.2, 0.25) is 0 Å². The van der Waals surface area contributed by atoms with E-state index in [9.17, 15) is 18.0 Å². The van der Waals surface area contributed by atoms with Crippen LogP contribution in [0.1, 0.15) is 11.6 Å². The summed E-state index contributed by atoms with van der Waals surface area (Å²) in [6.07, 6.45) is -4.48. The van der Waals surface area contributed by atoms with Crippen molar-refractivity contribution in [3.05, 3.63) is 57.3 Å². The van der Waals surface area contributed by atoms with E-state index in [0.717, 1.165) is 20.9 Å². The highest BCUT2D eigenvalue weighted by atomic mass is 35.5. The van der Waals surface area contributed by atoms with Gasteiger partial charge in [-0.05, 0) is 42.8 Å². The Kier molecular flexibility index (Phi) is 5.38. The average Bonchev–Trinajstić information content (AvgIpc) is 2.44. The maximum absolute atomic E-state index is 13.4. The normalized spacial score (nSPS) is 13.3. The molecule has 1 atom stereocenters. The van der Waals surface area contributed by atoms with Crippen molar-refractivity contribution in [3.63, 3.8) is 0 Å². The summed E-state index contributed by atoms with van der Waals surface area (Å²) in [7, 11) is 2.76. The Balaban J connectivity index is 2.30. The molecule has 0 aliphatic carbocycles. The van der Waals surface area contributed by atoms with Crippen LogP contribution in [-0.2, 0) is 7.05 Å². The van der Waals surface area contributed by atoms with Gasteiger partial charge in [-0.1, -0.05) is 23.7 Å². The first-order valence-corrected chi connectivity index (χ1v) is 7.61. The standard InChI is InChI=1S/C14H13ClF3N3OS/c1-20-12(22)8-7-11(19-20)23-21(2)13(14(16,17)18)9-3-5-10(15)6-4-9/h3-8,13H,1-2H3/t13-/m1/s1. The van der Waals surface area contributed by atoms with Crippen LogP contribution in [-0.4, -0.2) is 27.3 Å². The van der Waals surface area contributed by atoms with E-state index in [1.807, 2.05) is 0 Å². The highest BCUT2D eigenvalue weighted by molar-refractivity contribution is 7.97. The second kappa shape index (κ2) is 6.94. The molecule has 2 rings (SSSR count). The number of nitrogens with zero attached hydrogens (tertiary/aromatic N) is 3. The predicted octanol–water partition coefficient (Wildman–Crippen LogP) is 3.68. The number of aromatic nitrogens is 2. The van der Waals surface area contributed by atoms with Crippen LogP contribution in [0.25, 0.3) is 0 Å². The van der Waals surface area contributed by atoms with Crippen LogP contribution in [0, 0.1) is 0 Å². The number of rotatable bonds is 4. The Morgan fingerprint density at radius 1 is 1.22 bits per heavy atom. The van der Waals surface area contributed by atoms with E-state index in [0.29, 0.717) is 5.02 Å². The molecule has 0 unspecified atom stereocenters. The number of benzene rings is 1. The van der Waals surface area contributed by atoms with E-state index in [1.165, 1.54) is 50.5 Å². The molecule has 9 heteroatoms. The Labute approximate surface area is 140 Å². The first-order chi connectivity index (χ1) is 10.7. The number of hydrogen-bond donors (Lipinski definition) is 0. The van der Waals surface area contributed by atoms with Gasteiger partial charge in [0.1, 0.15) is 11.1 Å². The van der Waals surface area contributed by atoms with Gasteiger partial charge in [-0.25, -0.2) is 8.99 Å². The molecule has 1 aromatic carbocycles. The summed E-state index contributed by atoms with van der Waals surface area (Å²) in [6.45, 7) is 0. The van der Waals surface area contributed by atoms with Crippen LogP contribution in [0.3, 0.4) is 0 Å². The van der Waals surface area contributed by atoms with Gasteiger partial charge in [0.25, 0.3) is 5.56 Å². The lowest BCUT2D eigenvalue weighted by Crippen LogP contribution is -2.32. The van der Waals surface area contributed by atoms with Crippen molar-refractivity contribution in [2.24, 2.45) is 7.05 Å². The van der Waals surface area contributed by atoms with Crippen LogP contribution in [0.5, 0.6) is 0 Å². The largest absolute Gasteiger partial charge is 0.408 e. The molecule has 4 nitrogen and oxygen atoms in total. The lowest BCUT2D eigenvalue weighted by molar-refractivity contribution is -0.169. The maximum Gasteiger partial charge on any atom is 0.408 e. The highest BCUT2D eigenvalue weighted by Crippen LogP contribution is 2.41. The minimum absolute atomic E-state index is 0.0710. The summed E-state index contributed by atoms with van der Waals surface area (Å²) in [6, 6.07) is 6.32. The minimum Gasteiger partial charge on any atom is -0.268 e. The molecule has 0 bridgehead atoms. The lowest BCUT2D eigenvalue weighted by Gasteiger charge is -2.28. The molecule has 124 valence electrons. The van der Waals surface area contributed by atoms with Crippen LogP contribution in [0.4, 0.5) is 13.2 Å². The van der Waals surface area contributed by atoms with Gasteiger partial charge in [0.15, 0.2) is 0 Å². The topological polar surface area (TPSA) is 38.1 Å². The van der Waals surface area contributed by atoms with Gasteiger partial charge in [0, 0.05) is 18.1 Å². The molecular weight excluding hydrogens is 351 g/mol. The first-order valence-electron chi connectivity index (χ1n) is 6.46. The zero-order chi connectivity index (χ0) is 17.2. The molecule has 2 aromatic rings. The van der Waals surface area contributed by atoms with E-state index >= 15 is 0 Å². The number of alkyl halides is 3. The van der Waals surface area contributed by atoms with Crippen LogP contribution >= 0.6 is 23.5 Å². The van der Waals surface area contributed by atoms with Crippen molar-refractivity contribution in [3.8, 4) is 0 Å². The van der Waals surface area contributed by atoms with E-state index < -0.39 is 12.2 Å². The number of halogens is 4. The lowest BCUT2D eigenvalue weighted by atomic mass is 10.1. The zero-order valence-electron chi connectivity index (χ0n) is 12.2. The second-order valence-corrected chi connectivity index (χ2v) is 6.38. The third kappa shape index (κ3) is 4.49. The fourth-order valence-corrected chi connectivity index (χ4v) is 3.04. The molecule has 1 aromatic heterocycles. The van der Waals surface area contributed by atoms with E-state index in [2.05, 4.69) is 5.10 Å². The third-order valence-corrected chi connectivity index (χ3v) is 4.19. The number of aryl methyl sites for hydroxylation is 1. The van der Waals surface area contributed by atoms with E-state index in [1.54, 1.807) is 0 Å². The molecule has 0 amide bonds. The Morgan fingerprint density at radius 2 is 1.83 bits per heavy atom. The van der Waals surface area contributed by atoms with E-state index in [4.69, 9.17) is 11.6 Å². The smallest absolute Gasteiger partial charge is 0.268 e. The van der Waals surface area contributed by atoms with Gasteiger partial charge < -0.3 is 0 Å². The van der Waals surface area contributed by atoms with Crippen molar-refractivity contribution in [1.29, 1.82) is 0 Å². The monoisotopic (exact) mass is 363 g/mol. The van der Waals surface area contributed by atoms with Crippen molar-refractivity contribution in [2.45, 2.75) is 17.2 Å². The Morgan fingerprint density at radius 3 is 2.35 bits per heavy atom. The molecule has 0 radical (unpaired) electrons. The maximum atomic E-state index is 13.4. The molecule has 1 heterocycles. The fraction of sp³-hybridized carbons (Fsp3) is 0.286. The SMILES string of the molecule is CN(Sc1ccc(=O)n(C)n1)[C@H](c1ccc(Cl)cc1)C(F)(F)F. The molecule has 0 spiro atoms. The van der Waals surface area contributed by atoms with Crippen molar-refractivity contribution in [1.82, 2.24) is 14.1 Å². The van der Waals surface area contributed by atoms with Gasteiger partial charge >= 0.3 is 6.18 Å². The molecule has 0 fully saturated rings. The van der Waals surface area contributed by atoms with Crippen LogP contribution in [0.2, 0.25) is 5.02 Å². The predicted molar refractivity (Wildman–Crippen MR) is 83.3 cm³/mol.